The summed E-state index contributed by atoms with van der Waals surface area (Å²) in [4.78, 5) is 17.2. The second kappa shape index (κ2) is 14.1. The van der Waals surface area contributed by atoms with Crippen LogP contribution in [0.15, 0.2) is 36.4 Å². The molecule has 2 aliphatic heterocycles. The van der Waals surface area contributed by atoms with E-state index in [4.69, 9.17) is 9.84 Å². The Morgan fingerprint density at radius 1 is 1.03 bits per heavy atom. The molecule has 0 spiro atoms. The molecule has 2 N–H and O–H groups in total. The molecule has 1 amide bonds. The number of carbonyl (C=O) groups is 1. The quantitative estimate of drug-likeness (QED) is 0.517. The van der Waals surface area contributed by atoms with Crippen molar-refractivity contribution in [3.05, 3.63) is 53.1 Å². The van der Waals surface area contributed by atoms with Crippen molar-refractivity contribution >= 4 is 11.6 Å². The van der Waals surface area contributed by atoms with Crippen LogP contribution in [-0.2, 0) is 34.0 Å². The van der Waals surface area contributed by atoms with E-state index < -0.39 is 0 Å². The Morgan fingerprint density at radius 2 is 1.61 bits per heavy atom. The number of ether oxygens (including phenoxy) is 1. The number of rotatable bonds is 1. The first-order valence-corrected chi connectivity index (χ1v) is 10.5. The van der Waals surface area contributed by atoms with Gasteiger partial charge in [-0.2, -0.15) is 0 Å². The molecule has 7 heteroatoms. The number of carbonyl (C=O) groups excluding carboxylic acids is 1. The van der Waals surface area contributed by atoms with Crippen LogP contribution in [-0.4, -0.2) is 54.9 Å². The molecule has 0 bridgehead atoms. The number of amides is 1. The van der Waals surface area contributed by atoms with Crippen LogP contribution in [0.2, 0.25) is 0 Å². The van der Waals surface area contributed by atoms with Gasteiger partial charge in [0.25, 0.3) is 5.91 Å². The molecule has 31 heavy (non-hydrogen) atoms. The standard InChI is InChI=1S/C19H20N2O3.2C2H6.CH4O.W/c1-20-11-14-7-12-5-3-4-6-13(12)10-21(14)19(23)15-8-18(24-2)17(22)9-16(15)20;3*1-2;/h3-6,8-9,14,22H,7,10-11H2,1-2H3;2*1-2H3;2H,1H3;. The maximum Gasteiger partial charge on any atom is 0.256 e. The molecule has 2 aromatic rings. The molecule has 2 aromatic carbocycles. The van der Waals surface area contributed by atoms with Gasteiger partial charge in [-0.05, 0) is 23.6 Å². The third kappa shape index (κ3) is 6.24. The fraction of sp³-hybridized carbons (Fsp3) is 0.458. The molecule has 6 nitrogen and oxygen atoms in total. The Bertz CT molecular complexity index is 829. The number of nitrogens with zero attached hydrogens (tertiary/aromatic N) is 2. The van der Waals surface area contributed by atoms with Gasteiger partial charge in [0.1, 0.15) is 0 Å². The molecule has 0 aromatic heterocycles. The summed E-state index contributed by atoms with van der Waals surface area (Å²) in [5.74, 6) is 0.373. The van der Waals surface area contributed by atoms with Gasteiger partial charge < -0.3 is 24.7 Å². The monoisotopic (exact) mass is 600 g/mol. The van der Waals surface area contributed by atoms with Crippen LogP contribution < -0.4 is 9.64 Å². The Morgan fingerprint density at radius 3 is 2.19 bits per heavy atom. The zero-order valence-corrected chi connectivity index (χ0v) is 22.6. The van der Waals surface area contributed by atoms with Gasteiger partial charge in [0.05, 0.1) is 24.4 Å². The Kier molecular flexibility index (Phi) is 13.2. The van der Waals surface area contributed by atoms with E-state index in [0.717, 1.165) is 25.8 Å². The maximum atomic E-state index is 13.2. The molecular formula is C24H36N2O4W. The maximum absolute atomic E-state index is 13.2. The molecule has 1 atom stereocenters. The predicted molar refractivity (Wildman–Crippen MR) is 123 cm³/mol. The molecule has 2 aliphatic rings. The van der Waals surface area contributed by atoms with Gasteiger partial charge in [-0.25, -0.2) is 0 Å². The average Bonchev–Trinajstić information content (AvgIpc) is 2.90. The van der Waals surface area contributed by atoms with E-state index >= 15 is 0 Å². The first-order valence-electron chi connectivity index (χ1n) is 10.5. The van der Waals surface area contributed by atoms with Crippen molar-refractivity contribution in [2.45, 2.75) is 46.7 Å². The molecule has 172 valence electrons. The molecule has 4 rings (SSSR count). The van der Waals surface area contributed by atoms with Gasteiger partial charge in [0.15, 0.2) is 11.5 Å². The van der Waals surface area contributed by atoms with Crippen molar-refractivity contribution in [3.8, 4) is 11.5 Å². The van der Waals surface area contributed by atoms with Gasteiger partial charge in [0.2, 0.25) is 0 Å². The van der Waals surface area contributed by atoms with Gasteiger partial charge in [-0.3, -0.25) is 4.79 Å². The summed E-state index contributed by atoms with van der Waals surface area (Å²) in [5, 5.41) is 17.1. The van der Waals surface area contributed by atoms with E-state index in [-0.39, 0.29) is 38.8 Å². The summed E-state index contributed by atoms with van der Waals surface area (Å²) in [6, 6.07) is 11.7. The van der Waals surface area contributed by atoms with Gasteiger partial charge in [-0.1, -0.05) is 52.0 Å². The second-order valence-corrected chi connectivity index (χ2v) is 6.48. The van der Waals surface area contributed by atoms with Gasteiger partial charge in [0, 0.05) is 54.4 Å². The SMILES string of the molecule is CC.CC.CO.COc1cc2c(cc1O)N(C)CC1Cc3ccccc3CN1C2=O.[W]. The minimum absolute atomic E-state index is 0. The zero-order valence-electron chi connectivity index (χ0n) is 19.7. The number of aliphatic hydroxyl groups excluding tert-OH is 1. The van der Waals surface area contributed by atoms with Crippen LogP contribution >= 0.6 is 0 Å². The van der Waals surface area contributed by atoms with Crippen molar-refractivity contribution in [2.75, 3.05) is 32.7 Å². The summed E-state index contributed by atoms with van der Waals surface area (Å²) < 4.78 is 5.19. The number of anilines is 1. The van der Waals surface area contributed by atoms with E-state index in [9.17, 15) is 9.90 Å². The summed E-state index contributed by atoms with van der Waals surface area (Å²) in [7, 11) is 4.45. The molecule has 0 saturated carbocycles. The Labute approximate surface area is 201 Å². The third-order valence-electron chi connectivity index (χ3n) is 5.04. The van der Waals surface area contributed by atoms with Crippen LogP contribution in [0.3, 0.4) is 0 Å². The zero-order chi connectivity index (χ0) is 22.8. The van der Waals surface area contributed by atoms with E-state index in [1.165, 1.54) is 18.2 Å². The summed E-state index contributed by atoms with van der Waals surface area (Å²) >= 11 is 0. The van der Waals surface area contributed by atoms with E-state index in [1.807, 2.05) is 56.7 Å². The van der Waals surface area contributed by atoms with Gasteiger partial charge >= 0.3 is 0 Å². The molecule has 0 aliphatic carbocycles. The van der Waals surface area contributed by atoms with Crippen LogP contribution in [0.4, 0.5) is 5.69 Å². The molecular weight excluding hydrogens is 564 g/mol. The number of fused-ring (bicyclic) bond motifs is 3. The van der Waals surface area contributed by atoms with Crippen molar-refractivity contribution in [2.24, 2.45) is 0 Å². The van der Waals surface area contributed by atoms with Crippen molar-refractivity contribution in [1.29, 1.82) is 0 Å². The van der Waals surface area contributed by atoms with E-state index in [1.54, 1.807) is 12.1 Å². The normalized spacial score (nSPS) is 15.5. The molecule has 0 saturated heterocycles. The minimum atomic E-state index is -0.00727. The number of methoxy groups -OCH3 is 1. The second-order valence-electron chi connectivity index (χ2n) is 6.48. The largest absolute Gasteiger partial charge is 0.504 e. The van der Waals surface area contributed by atoms with Crippen LogP contribution in [0, 0.1) is 0 Å². The molecule has 0 fully saturated rings. The predicted octanol–water partition coefficient (Wildman–Crippen LogP) is 4.08. The summed E-state index contributed by atoms with van der Waals surface area (Å²) in [5.41, 5.74) is 3.84. The molecule has 0 radical (unpaired) electrons. The number of hydrogen-bond donors (Lipinski definition) is 2. The molecule has 1 unspecified atom stereocenters. The van der Waals surface area contributed by atoms with E-state index in [0.29, 0.717) is 17.9 Å². The fourth-order valence-corrected chi connectivity index (χ4v) is 3.77. The van der Waals surface area contributed by atoms with Gasteiger partial charge in [-0.15, -0.1) is 0 Å². The Balaban J connectivity index is 0.00000119. The van der Waals surface area contributed by atoms with Crippen molar-refractivity contribution in [3.63, 3.8) is 0 Å². The summed E-state index contributed by atoms with van der Waals surface area (Å²) in [6.07, 6.45) is 0.851. The first-order chi connectivity index (χ1) is 14.6. The minimum Gasteiger partial charge on any atom is -0.504 e. The smallest absolute Gasteiger partial charge is 0.256 e. The third-order valence-corrected chi connectivity index (χ3v) is 5.04. The molecule has 2 heterocycles. The number of aliphatic hydroxyl groups is 1. The van der Waals surface area contributed by atoms with Crippen molar-refractivity contribution < 1.29 is 40.8 Å². The summed E-state index contributed by atoms with van der Waals surface area (Å²) in [6.45, 7) is 9.36. The number of phenols is 1. The van der Waals surface area contributed by atoms with E-state index in [2.05, 4.69) is 12.1 Å². The number of benzene rings is 2. The van der Waals surface area contributed by atoms with Crippen molar-refractivity contribution in [1.82, 2.24) is 4.90 Å². The number of likely N-dealkylation sites (N-methyl/N-ethyl adjacent to an activating group) is 1. The van der Waals surface area contributed by atoms with Crippen LogP contribution in [0.1, 0.15) is 49.2 Å². The topological polar surface area (TPSA) is 73.2 Å². The number of aromatic hydroxyl groups is 1. The van der Waals surface area contributed by atoms with Crippen LogP contribution in [0.25, 0.3) is 0 Å². The van der Waals surface area contributed by atoms with Crippen LogP contribution in [0.5, 0.6) is 11.5 Å². The Hall–Kier alpha value is -2.04. The fourth-order valence-electron chi connectivity index (χ4n) is 3.77. The average molecular weight is 600 g/mol. The number of hydrogen-bond acceptors (Lipinski definition) is 5. The number of phenolic OH excluding ortho intramolecular Hbond substituents is 1. The first kappa shape index (κ1) is 29.0.